The topological polar surface area (TPSA) is 52.3 Å². The van der Waals surface area contributed by atoms with Gasteiger partial charge >= 0.3 is 0 Å². The third-order valence-electron chi connectivity index (χ3n) is 3.87. The van der Waals surface area contributed by atoms with E-state index in [0.717, 1.165) is 15.5 Å². The van der Waals surface area contributed by atoms with Crippen molar-refractivity contribution in [3.05, 3.63) is 82.0 Å². The Morgan fingerprint density at radius 3 is 2.76 bits per heavy atom. The van der Waals surface area contributed by atoms with E-state index >= 15 is 0 Å². The quantitative estimate of drug-likeness (QED) is 0.258. The maximum absolute atomic E-state index is 11.5. The zero-order valence-corrected chi connectivity index (χ0v) is 15.4. The number of aromatic nitrogens is 1. The van der Waals surface area contributed by atoms with Gasteiger partial charge in [-0.05, 0) is 35.4 Å². The van der Waals surface area contributed by atoms with Crippen LogP contribution in [0, 0.1) is 0 Å². The molecule has 4 nitrogen and oxygen atoms in total. The summed E-state index contributed by atoms with van der Waals surface area (Å²) in [6.45, 7) is 0.488. The van der Waals surface area contributed by atoms with Crippen molar-refractivity contribution in [3.8, 4) is 17.2 Å². The molecular weight excluding hydrogens is 429 g/mol. The molecule has 0 unspecified atom stereocenters. The zero-order chi connectivity index (χ0) is 17.2. The van der Waals surface area contributed by atoms with Crippen LogP contribution in [-0.2, 0) is 11.0 Å². The van der Waals surface area contributed by atoms with E-state index < -0.39 is 0 Å². The second kappa shape index (κ2) is 6.84. The molecule has 0 spiro atoms. The Bertz CT molecular complexity index is 1070. The molecular formula is C20H14INO3. The van der Waals surface area contributed by atoms with E-state index in [4.69, 9.17) is 9.15 Å². The lowest BCUT2D eigenvalue weighted by atomic mass is 10.1. The number of rotatable bonds is 4. The summed E-state index contributed by atoms with van der Waals surface area (Å²) in [7, 11) is 0. The lowest BCUT2D eigenvalue weighted by Crippen LogP contribution is -2.00. The summed E-state index contributed by atoms with van der Waals surface area (Å²) in [5.74, 6) is 1.18. The first-order valence-corrected chi connectivity index (χ1v) is 9.35. The summed E-state index contributed by atoms with van der Waals surface area (Å²) < 4.78 is 12.7. The lowest BCUT2D eigenvalue weighted by Gasteiger charge is -2.09. The van der Waals surface area contributed by atoms with Crippen LogP contribution in [0.5, 0.6) is 5.75 Å². The highest BCUT2D eigenvalue weighted by molar-refractivity contribution is 14.1. The Labute approximate surface area is 157 Å². The fraction of sp³-hybridized carbons (Fsp3) is 0.100. The standard InChI is InChI=1S/C20H14INO3/c21-11-13-2-1-3-14(8-13)12-24-16-5-7-18-20(10-16)25-19-9-15(23)4-6-17(19)22-18/h1-10H,11-12H2. The average Bonchev–Trinajstić information content (AvgIpc) is 2.64. The van der Waals surface area contributed by atoms with Crippen LogP contribution in [0.15, 0.2) is 69.9 Å². The molecule has 2 aromatic rings. The smallest absolute Gasteiger partial charge is 0.182 e. The third kappa shape index (κ3) is 3.51. The number of hydrogen-bond acceptors (Lipinski definition) is 4. The van der Waals surface area contributed by atoms with Gasteiger partial charge in [0, 0.05) is 16.6 Å². The van der Waals surface area contributed by atoms with Gasteiger partial charge in [0.15, 0.2) is 16.8 Å². The van der Waals surface area contributed by atoms with Crippen molar-refractivity contribution < 1.29 is 9.15 Å². The molecule has 0 bridgehead atoms. The van der Waals surface area contributed by atoms with Crippen LogP contribution in [0.1, 0.15) is 11.1 Å². The first-order chi connectivity index (χ1) is 12.2. The Balaban J connectivity index is 1.63. The summed E-state index contributed by atoms with van der Waals surface area (Å²) in [6, 6.07) is 18.5. The molecule has 5 heteroatoms. The number of fused-ring (bicyclic) bond motifs is 2. The largest absolute Gasteiger partial charge is 0.489 e. The van der Waals surface area contributed by atoms with Crippen molar-refractivity contribution in [3.63, 3.8) is 0 Å². The number of halogens is 1. The van der Waals surface area contributed by atoms with Crippen LogP contribution in [0.4, 0.5) is 0 Å². The first-order valence-electron chi connectivity index (χ1n) is 7.82. The highest BCUT2D eigenvalue weighted by atomic mass is 127. The molecule has 2 aliphatic rings. The highest BCUT2D eigenvalue weighted by Gasteiger charge is 2.10. The molecule has 124 valence electrons. The van der Waals surface area contributed by atoms with E-state index in [2.05, 4.69) is 39.7 Å². The van der Waals surface area contributed by atoms with E-state index in [-0.39, 0.29) is 5.43 Å². The maximum Gasteiger partial charge on any atom is 0.182 e. The predicted octanol–water partition coefficient (Wildman–Crippen LogP) is 4.81. The molecule has 0 radical (unpaired) electrons. The Kier molecular flexibility index (Phi) is 4.40. The molecule has 0 saturated carbocycles. The summed E-state index contributed by atoms with van der Waals surface area (Å²) in [5, 5.41) is 0. The second-order valence-corrected chi connectivity index (χ2v) is 6.48. The van der Waals surface area contributed by atoms with Crippen molar-refractivity contribution in [1.29, 1.82) is 0 Å². The van der Waals surface area contributed by atoms with Crippen LogP contribution < -0.4 is 10.2 Å². The van der Waals surface area contributed by atoms with E-state index in [1.54, 1.807) is 12.1 Å². The molecule has 0 aromatic heterocycles. The molecule has 0 fully saturated rings. The Morgan fingerprint density at radius 1 is 1.00 bits per heavy atom. The normalized spacial score (nSPS) is 11.1. The van der Waals surface area contributed by atoms with Gasteiger partial charge in [-0.1, -0.05) is 46.9 Å². The fourth-order valence-corrected chi connectivity index (χ4v) is 3.12. The minimum Gasteiger partial charge on any atom is -0.489 e. The maximum atomic E-state index is 11.5. The molecule has 4 rings (SSSR count). The highest BCUT2D eigenvalue weighted by Crippen LogP contribution is 2.26. The third-order valence-corrected chi connectivity index (χ3v) is 4.76. The number of nitrogens with zero attached hydrogens (tertiary/aromatic N) is 1. The van der Waals surface area contributed by atoms with Crippen molar-refractivity contribution in [2.24, 2.45) is 0 Å². The average molecular weight is 443 g/mol. The van der Waals surface area contributed by atoms with Crippen LogP contribution in [0.2, 0.25) is 0 Å². The summed E-state index contributed by atoms with van der Waals surface area (Å²) in [4.78, 5) is 16.0. The molecule has 2 aromatic carbocycles. The van der Waals surface area contributed by atoms with E-state index in [0.29, 0.717) is 29.4 Å². The van der Waals surface area contributed by atoms with Gasteiger partial charge in [0.25, 0.3) is 0 Å². The molecule has 1 heterocycles. The molecule has 25 heavy (non-hydrogen) atoms. The van der Waals surface area contributed by atoms with Crippen LogP contribution in [0.3, 0.4) is 0 Å². The van der Waals surface area contributed by atoms with E-state index in [1.807, 2.05) is 24.3 Å². The molecule has 0 amide bonds. The lowest BCUT2D eigenvalue weighted by molar-refractivity contribution is 0.306. The summed E-state index contributed by atoms with van der Waals surface area (Å²) in [6.07, 6.45) is 0. The zero-order valence-electron chi connectivity index (χ0n) is 13.2. The van der Waals surface area contributed by atoms with Crippen LogP contribution in [-0.4, -0.2) is 4.98 Å². The van der Waals surface area contributed by atoms with Gasteiger partial charge in [-0.25, -0.2) is 4.98 Å². The minimum absolute atomic E-state index is 0.0973. The first kappa shape index (κ1) is 16.1. The molecule has 0 saturated heterocycles. The van der Waals surface area contributed by atoms with E-state index in [1.165, 1.54) is 17.7 Å². The molecule has 1 aliphatic carbocycles. The molecule has 1 aliphatic heterocycles. The summed E-state index contributed by atoms with van der Waals surface area (Å²) in [5.41, 5.74) is 4.29. The SMILES string of the molecule is O=c1ccc2nc3ccc(OCc4cccc(CI)c4)cc3oc-2c1. The van der Waals surface area contributed by atoms with Gasteiger partial charge in [-0.15, -0.1) is 0 Å². The second-order valence-electron chi connectivity index (χ2n) is 5.72. The van der Waals surface area contributed by atoms with Crippen LogP contribution >= 0.6 is 22.6 Å². The van der Waals surface area contributed by atoms with Crippen molar-refractivity contribution in [2.75, 3.05) is 0 Å². The van der Waals surface area contributed by atoms with Gasteiger partial charge in [-0.3, -0.25) is 4.79 Å². The van der Waals surface area contributed by atoms with Crippen LogP contribution in [0.25, 0.3) is 22.6 Å². The van der Waals surface area contributed by atoms with Gasteiger partial charge < -0.3 is 9.15 Å². The van der Waals surface area contributed by atoms with Gasteiger partial charge in [0.2, 0.25) is 0 Å². The monoisotopic (exact) mass is 443 g/mol. The van der Waals surface area contributed by atoms with Crippen molar-refractivity contribution in [2.45, 2.75) is 11.0 Å². The molecule has 0 atom stereocenters. The number of hydrogen-bond donors (Lipinski definition) is 0. The number of ether oxygens (including phenoxy) is 1. The van der Waals surface area contributed by atoms with Gasteiger partial charge in [0.05, 0.1) is 0 Å². The van der Waals surface area contributed by atoms with Crippen molar-refractivity contribution >= 4 is 33.7 Å². The van der Waals surface area contributed by atoms with E-state index in [9.17, 15) is 4.79 Å². The number of benzene rings is 3. The summed E-state index contributed by atoms with van der Waals surface area (Å²) >= 11 is 2.35. The minimum atomic E-state index is -0.0973. The molecule has 0 N–H and O–H groups in total. The predicted molar refractivity (Wildman–Crippen MR) is 105 cm³/mol. The van der Waals surface area contributed by atoms with Gasteiger partial charge in [-0.2, -0.15) is 0 Å². The fourth-order valence-electron chi connectivity index (χ4n) is 2.64. The van der Waals surface area contributed by atoms with Crippen molar-refractivity contribution in [1.82, 2.24) is 4.98 Å². The Hall–Kier alpha value is -2.41. The Morgan fingerprint density at radius 2 is 1.88 bits per heavy atom. The number of alkyl halides is 1. The van der Waals surface area contributed by atoms with Gasteiger partial charge in [0.1, 0.15) is 23.6 Å².